The summed E-state index contributed by atoms with van der Waals surface area (Å²) >= 11 is 20.7. The summed E-state index contributed by atoms with van der Waals surface area (Å²) in [7, 11) is 6.51. The van der Waals surface area contributed by atoms with Crippen molar-refractivity contribution in [3.05, 3.63) is 275 Å². The number of hydroxylamine groups is 1. The highest BCUT2D eigenvalue weighted by molar-refractivity contribution is 9.08. The molecule has 11 heterocycles. The molecule has 0 saturated carbocycles. The average molecular weight is 1990 g/mol. The Kier molecular flexibility index (Phi) is 49.8. The number of fused-ring (bicyclic) bond motifs is 3. The van der Waals surface area contributed by atoms with E-state index in [4.69, 9.17) is 68.8 Å². The van der Waals surface area contributed by atoms with Gasteiger partial charge in [0, 0.05) is 81.2 Å². The van der Waals surface area contributed by atoms with Crippen molar-refractivity contribution in [3.63, 3.8) is 0 Å². The molecule has 0 saturated heterocycles. The van der Waals surface area contributed by atoms with Crippen LogP contribution in [-0.4, -0.2) is 214 Å². The van der Waals surface area contributed by atoms with Gasteiger partial charge in [-0.15, -0.1) is 0 Å². The molecule has 0 aliphatic carbocycles. The first-order valence-corrected chi connectivity index (χ1v) is 43.2. The molecule has 3 aliphatic heterocycles. The van der Waals surface area contributed by atoms with Crippen LogP contribution in [0.2, 0.25) is 15.5 Å². The Bertz CT molecular complexity index is 5600. The van der Waals surface area contributed by atoms with Gasteiger partial charge in [-0.1, -0.05) is 125 Å². The van der Waals surface area contributed by atoms with E-state index in [0.29, 0.717) is 101 Å². The van der Waals surface area contributed by atoms with Crippen molar-refractivity contribution in [2.75, 3.05) is 92.2 Å². The van der Waals surface area contributed by atoms with E-state index in [1.165, 1.54) is 59.4 Å². The number of rotatable bonds is 17. The number of hydrogen-bond donors (Lipinski definition) is 7. The minimum atomic E-state index is -0.718. The van der Waals surface area contributed by atoms with Crippen molar-refractivity contribution in [1.82, 2.24) is 55.5 Å². The number of pyridine rings is 8. The molecular formula is C94H113BrCl3N14O23+. The standard InChI is InChI=1S/C20H23N3O4.C17H18N4O4.C12H16N2O3.C11H14ClNO3.C8H7BrClNO2.C8H8ClNO2.C8H10NO3.C8H9NO2.2CH4/c1-13(2)27-19(24)17-9-6-15-12-23(10-11-26-18(15)22-17)20(25)21-16-7-4-14(3)5-8-16;1-11-2-5-13(6-3-11)18-17(23)21-8-9-25-16-12(10-21)4-7-14(19-16)15(22)20-24;1-8(2)17-12(15)10-4-3-9-7-13-5-6-16-11(9)14-10;1-16-11(15)9-6-5-8(10(12)13-9)4-2-3-7-14;1-13-8(12)6-3-2-5(4-9)7(10)11-6;1-5-3-4-6(8(11)12-2)10-7(5)9;1-6-3-4-7(8(10)12-2)9(11)5-6;1-6-3-4-7(9-5-6)8(10)11-2;;/h4-9,13H,10-12H2,1-3H3,(H,21,25);2-7,24H,8-10H2,1H3,(H,18,23)(H,20,22);3-4,8,13H,5-7H2,1-2H3;5-6,14H,2-4,7H2,1H3;2-3H,4H2,1H3;3-4H,1-2H3;3-5,11H,1-2H3;3-5H,1-2H3;2*1H4/q;;;;;;+1;;;. The maximum Gasteiger partial charge on any atom is 0.408 e. The highest BCUT2D eigenvalue weighted by Crippen LogP contribution is 2.27. The number of carbonyl (C=O) groups is 10. The van der Waals surface area contributed by atoms with Crippen LogP contribution in [0.5, 0.6) is 17.6 Å². The summed E-state index contributed by atoms with van der Waals surface area (Å²) in [5.74, 6) is -2.87. The van der Waals surface area contributed by atoms with Crippen LogP contribution in [0.4, 0.5) is 21.0 Å². The normalized spacial score (nSPS) is 11.6. The van der Waals surface area contributed by atoms with Gasteiger partial charge in [0.25, 0.3) is 5.91 Å². The first-order chi connectivity index (χ1) is 63.5. The van der Waals surface area contributed by atoms with Gasteiger partial charge in [0.2, 0.25) is 23.8 Å². The molecule has 37 nitrogen and oxygen atoms in total. The minimum absolute atomic E-state index is 0. The fourth-order valence-electron chi connectivity index (χ4n) is 11.0. The largest absolute Gasteiger partial charge is 0.476 e. The summed E-state index contributed by atoms with van der Waals surface area (Å²) in [6.07, 6.45) is 5.02. The Balaban J connectivity index is 0.000000329. The second-order valence-electron chi connectivity index (χ2n) is 29.0. The fourth-order valence-corrected chi connectivity index (χ4v) is 12.2. The summed E-state index contributed by atoms with van der Waals surface area (Å²) in [5.41, 5.74) is 13.7. The zero-order valence-electron chi connectivity index (χ0n) is 75.6. The van der Waals surface area contributed by atoms with Gasteiger partial charge in [-0.3, -0.25) is 15.2 Å². The van der Waals surface area contributed by atoms with Crippen LogP contribution in [0, 0.1) is 34.6 Å². The van der Waals surface area contributed by atoms with Crippen molar-refractivity contribution in [2.24, 2.45) is 0 Å². The van der Waals surface area contributed by atoms with E-state index in [2.05, 4.69) is 90.5 Å². The number of aromatic nitrogens is 8. The van der Waals surface area contributed by atoms with Gasteiger partial charge in [-0.05, 0) is 189 Å². The third kappa shape index (κ3) is 38.1. The van der Waals surface area contributed by atoms with Crippen LogP contribution in [0.3, 0.4) is 0 Å². The molecule has 0 radical (unpaired) electrons. The predicted octanol–water partition coefficient (Wildman–Crippen LogP) is 15.3. The van der Waals surface area contributed by atoms with Gasteiger partial charge >= 0.3 is 59.5 Å². The highest BCUT2D eigenvalue weighted by atomic mass is 79.9. The van der Waals surface area contributed by atoms with E-state index >= 15 is 0 Å². The van der Waals surface area contributed by atoms with Crippen molar-refractivity contribution >= 4 is 122 Å². The first-order valence-electron chi connectivity index (χ1n) is 40.9. The lowest BCUT2D eigenvalue weighted by atomic mass is 10.1. The lowest BCUT2D eigenvalue weighted by Crippen LogP contribution is -2.37. The molecule has 2 aromatic carbocycles. The number of ether oxygens (including phenoxy) is 10. The number of nitrogens with zero attached hydrogens (tertiary/aromatic N) is 10. The third-order valence-electron chi connectivity index (χ3n) is 18.0. The fraction of sp³-hybridized carbons (Fsp3) is 0.340. The maximum absolute atomic E-state index is 12.6. The molecule has 7 N–H and O–H groups in total. The summed E-state index contributed by atoms with van der Waals surface area (Å²) in [5, 5.41) is 37.1. The lowest BCUT2D eigenvalue weighted by molar-refractivity contribution is -0.906. The number of methoxy groups -OCH3 is 5. The summed E-state index contributed by atoms with van der Waals surface area (Å²) in [6.45, 7) is 20.9. The molecule has 0 bridgehead atoms. The third-order valence-corrected chi connectivity index (χ3v) is 19.7. The number of hydrogen-bond acceptors (Lipinski definition) is 31. The number of esters is 7. The van der Waals surface area contributed by atoms with Gasteiger partial charge in [0.15, 0.2) is 11.4 Å². The van der Waals surface area contributed by atoms with E-state index in [0.717, 1.165) is 86.3 Å². The van der Waals surface area contributed by atoms with E-state index in [-0.39, 0.29) is 92.4 Å². The quantitative estimate of drug-likeness (QED) is 0.00512. The number of carbonyl (C=O) groups excluding carboxylic acids is 10. The summed E-state index contributed by atoms with van der Waals surface area (Å²) < 4.78 is 50.1. The van der Waals surface area contributed by atoms with Crippen molar-refractivity contribution < 1.29 is 116 Å². The number of benzene rings is 2. The maximum atomic E-state index is 12.6. The van der Waals surface area contributed by atoms with E-state index in [1.807, 2.05) is 109 Å². The first kappa shape index (κ1) is 114. The predicted molar refractivity (Wildman–Crippen MR) is 505 cm³/mol. The minimum Gasteiger partial charge on any atom is -0.476 e. The molecule has 135 heavy (non-hydrogen) atoms. The van der Waals surface area contributed by atoms with E-state index in [1.54, 1.807) is 103 Å². The molecule has 3 aliphatic rings. The number of unbranched alkanes of at least 4 members (excludes halogenated alkanes) is 1. The number of amides is 5. The lowest BCUT2D eigenvalue weighted by Gasteiger charge is -2.20. The van der Waals surface area contributed by atoms with Crippen LogP contribution in [0.1, 0.15) is 195 Å². The van der Waals surface area contributed by atoms with Crippen molar-refractivity contribution in [1.29, 1.82) is 0 Å². The number of alkyl halides is 1. The second kappa shape index (κ2) is 59.1. The Labute approximate surface area is 806 Å². The van der Waals surface area contributed by atoms with Gasteiger partial charge in [-0.2, -0.15) is 0 Å². The SMILES string of the molecule is C.C.CC(C)OC(=O)c1ccc2c(n1)OCCNC2.COC(=O)c1ccc(C)c(Cl)n1.COC(=O)c1ccc(C)c[n+]1O.COC(=O)c1ccc(C)cn1.COC(=O)c1ccc(CBr)c(Cl)n1.COC(=O)c1ccc(CCCCO)c(Cl)n1.Cc1ccc(NC(=O)N2CCOc3nc(C(=O)NO)ccc3C2)cc1.Cc1ccc(NC(=O)N2CCOc3nc(C(=O)OC(C)C)ccc3C2)cc1. The molecule has 8 aromatic heterocycles. The molecule has 724 valence electrons. The number of urea groups is 2. The molecule has 10 aromatic rings. The number of aliphatic hydroxyl groups excluding tert-OH is 1. The smallest absolute Gasteiger partial charge is 0.408 e. The zero-order valence-corrected chi connectivity index (χ0v) is 79.4. The van der Waals surface area contributed by atoms with Crippen LogP contribution in [-0.2, 0) is 64.5 Å². The van der Waals surface area contributed by atoms with Crippen molar-refractivity contribution in [3.8, 4) is 17.6 Å². The molecule has 0 unspecified atom stereocenters. The second-order valence-corrected chi connectivity index (χ2v) is 30.7. The van der Waals surface area contributed by atoms with Crippen LogP contribution in [0.25, 0.3) is 0 Å². The number of halogens is 4. The highest BCUT2D eigenvalue weighted by Gasteiger charge is 2.27. The van der Waals surface area contributed by atoms with Gasteiger partial charge < -0.3 is 78.2 Å². The number of anilines is 2. The number of nitrogens with one attached hydrogen (secondary N) is 4. The zero-order chi connectivity index (χ0) is 97.8. The van der Waals surface area contributed by atoms with Gasteiger partial charge in [-0.25, -0.2) is 83.5 Å². The molecule has 41 heteroatoms. The van der Waals surface area contributed by atoms with Crippen LogP contribution < -0.4 is 40.4 Å². The van der Waals surface area contributed by atoms with Crippen LogP contribution in [0.15, 0.2) is 158 Å². The Hall–Kier alpha value is -13.6. The molecular weight excluding hydrogens is 1880 g/mol. The number of aryl methyl sites for hydroxylation is 6. The van der Waals surface area contributed by atoms with E-state index < -0.39 is 47.7 Å². The summed E-state index contributed by atoms with van der Waals surface area (Å²) in [6, 6.07) is 41.3. The monoisotopic (exact) mass is 1990 g/mol. The number of aliphatic hydroxyl groups is 1. The van der Waals surface area contributed by atoms with E-state index in [9.17, 15) is 53.2 Å². The molecule has 0 spiro atoms. The molecule has 5 amide bonds. The topological polar surface area (TPSA) is 472 Å². The molecule has 0 atom stereocenters. The average Bonchev–Trinajstić information content (AvgIpc) is 1.75. The summed E-state index contributed by atoms with van der Waals surface area (Å²) in [4.78, 5) is 146. The Morgan fingerprint density at radius 1 is 0.467 bits per heavy atom. The van der Waals surface area contributed by atoms with Gasteiger partial charge in [0.05, 0.1) is 73.9 Å². The van der Waals surface area contributed by atoms with Crippen LogP contribution >= 0.6 is 50.7 Å². The van der Waals surface area contributed by atoms with Crippen molar-refractivity contribution in [2.45, 2.75) is 134 Å². The molecule has 0 fully saturated rings. The Morgan fingerprint density at radius 2 is 0.859 bits per heavy atom. The Morgan fingerprint density at radius 3 is 1.28 bits per heavy atom. The molecule has 13 rings (SSSR count). The van der Waals surface area contributed by atoms with Gasteiger partial charge in [0.1, 0.15) is 63.7 Å².